The van der Waals surface area contributed by atoms with Crippen LogP contribution in [0.25, 0.3) is 0 Å². The number of carbonyl (C=O) groups is 1. The van der Waals surface area contributed by atoms with E-state index in [2.05, 4.69) is 4.90 Å². The van der Waals surface area contributed by atoms with E-state index in [1.54, 1.807) is 11.3 Å². The van der Waals surface area contributed by atoms with E-state index in [4.69, 9.17) is 0 Å². The van der Waals surface area contributed by atoms with E-state index in [-0.39, 0.29) is 0 Å². The van der Waals surface area contributed by atoms with Crippen LogP contribution in [-0.2, 0) is 11.2 Å². The van der Waals surface area contributed by atoms with Gasteiger partial charge < -0.3 is 5.11 Å². The molecule has 1 unspecified atom stereocenters. The molecule has 1 atom stereocenters. The molecule has 18 heavy (non-hydrogen) atoms. The van der Waals surface area contributed by atoms with Crippen molar-refractivity contribution in [1.29, 1.82) is 0 Å². The normalized spacial score (nSPS) is 25.2. The van der Waals surface area contributed by atoms with Crippen LogP contribution < -0.4 is 0 Å². The lowest BCUT2D eigenvalue weighted by molar-refractivity contribution is -0.144. The van der Waals surface area contributed by atoms with E-state index in [1.165, 1.54) is 30.6 Å². The predicted molar refractivity (Wildman–Crippen MR) is 71.9 cm³/mol. The third-order valence-corrected chi connectivity index (χ3v) is 5.26. The fourth-order valence-corrected chi connectivity index (χ4v) is 4.28. The summed E-state index contributed by atoms with van der Waals surface area (Å²) in [6, 6.07) is 1.60. The first-order chi connectivity index (χ1) is 8.75. The molecule has 4 heteroatoms. The number of hydrogen-bond acceptors (Lipinski definition) is 3. The number of rotatable bonds is 3. The molecule has 0 aromatic carbocycles. The minimum Gasteiger partial charge on any atom is -0.480 e. The molecule has 0 radical (unpaired) electrons. The van der Waals surface area contributed by atoms with Crippen molar-refractivity contribution in [3.05, 3.63) is 21.9 Å². The molecular formula is C14H19NO2S. The summed E-state index contributed by atoms with van der Waals surface area (Å²) in [6.45, 7) is 1.87. The fourth-order valence-electron chi connectivity index (χ4n) is 3.38. The summed E-state index contributed by atoms with van der Waals surface area (Å²) in [5.41, 5.74) is 1.04. The highest BCUT2D eigenvalue weighted by Gasteiger charge is 2.35. The first-order valence-corrected chi connectivity index (χ1v) is 7.67. The Kier molecular flexibility index (Phi) is 3.39. The Labute approximate surface area is 111 Å². The zero-order valence-electron chi connectivity index (χ0n) is 10.5. The standard InChI is InChI=1S/C14H19NO2S/c16-14(17)13-11-6-8-18-12(11)5-7-15(13)9-10-3-1-2-4-10/h6,8,10,13H,1-5,7,9H2,(H,16,17). The number of carboxylic acids is 1. The lowest BCUT2D eigenvalue weighted by Crippen LogP contribution is -2.41. The van der Waals surface area contributed by atoms with E-state index in [1.807, 2.05) is 11.4 Å². The van der Waals surface area contributed by atoms with Crippen LogP contribution in [0.15, 0.2) is 11.4 Å². The van der Waals surface area contributed by atoms with Crippen molar-refractivity contribution < 1.29 is 9.90 Å². The molecule has 1 saturated carbocycles. The van der Waals surface area contributed by atoms with Crippen LogP contribution in [0.2, 0.25) is 0 Å². The molecule has 0 saturated heterocycles. The summed E-state index contributed by atoms with van der Waals surface area (Å²) in [5, 5.41) is 11.5. The molecule has 2 aliphatic rings. The second kappa shape index (κ2) is 5.02. The topological polar surface area (TPSA) is 40.5 Å². The molecule has 1 aromatic heterocycles. The second-order valence-corrected chi connectivity index (χ2v) is 6.44. The maximum absolute atomic E-state index is 11.6. The van der Waals surface area contributed by atoms with Crippen molar-refractivity contribution in [2.24, 2.45) is 5.92 Å². The third kappa shape index (κ3) is 2.19. The van der Waals surface area contributed by atoms with Crippen LogP contribution in [0.5, 0.6) is 0 Å². The van der Waals surface area contributed by atoms with Crippen LogP contribution in [0, 0.1) is 5.92 Å². The molecule has 3 nitrogen and oxygen atoms in total. The van der Waals surface area contributed by atoms with Crippen molar-refractivity contribution in [2.45, 2.75) is 38.1 Å². The van der Waals surface area contributed by atoms with Crippen LogP contribution in [-0.4, -0.2) is 29.1 Å². The van der Waals surface area contributed by atoms with Gasteiger partial charge in [-0.15, -0.1) is 11.3 Å². The minimum atomic E-state index is -0.688. The zero-order valence-corrected chi connectivity index (χ0v) is 11.3. The molecule has 1 aliphatic heterocycles. The molecular weight excluding hydrogens is 246 g/mol. The van der Waals surface area contributed by atoms with Gasteiger partial charge in [-0.05, 0) is 42.2 Å². The summed E-state index contributed by atoms with van der Waals surface area (Å²) >= 11 is 1.70. The Morgan fingerprint density at radius 3 is 2.94 bits per heavy atom. The van der Waals surface area contributed by atoms with E-state index in [9.17, 15) is 9.90 Å². The van der Waals surface area contributed by atoms with Gasteiger partial charge in [0.2, 0.25) is 0 Å². The average Bonchev–Trinajstić information content (AvgIpc) is 2.98. The van der Waals surface area contributed by atoms with Crippen molar-refractivity contribution >= 4 is 17.3 Å². The van der Waals surface area contributed by atoms with Crippen molar-refractivity contribution in [3.8, 4) is 0 Å². The van der Waals surface area contributed by atoms with Gasteiger partial charge in [-0.2, -0.15) is 0 Å². The van der Waals surface area contributed by atoms with Gasteiger partial charge in [-0.1, -0.05) is 12.8 Å². The van der Waals surface area contributed by atoms with Crippen LogP contribution in [0.3, 0.4) is 0 Å². The van der Waals surface area contributed by atoms with Gasteiger partial charge in [0, 0.05) is 18.0 Å². The molecule has 2 heterocycles. The number of carboxylic acid groups (broad SMARTS) is 1. The highest BCUT2D eigenvalue weighted by molar-refractivity contribution is 7.10. The van der Waals surface area contributed by atoms with E-state index in [0.29, 0.717) is 5.92 Å². The van der Waals surface area contributed by atoms with Gasteiger partial charge in [-0.25, -0.2) is 0 Å². The maximum atomic E-state index is 11.6. The Morgan fingerprint density at radius 1 is 1.44 bits per heavy atom. The number of fused-ring (bicyclic) bond motifs is 1. The number of aliphatic carboxylic acids is 1. The molecule has 0 amide bonds. The van der Waals surface area contributed by atoms with Crippen LogP contribution >= 0.6 is 11.3 Å². The molecule has 1 fully saturated rings. The first-order valence-electron chi connectivity index (χ1n) is 6.79. The number of nitrogens with zero attached hydrogens (tertiary/aromatic N) is 1. The molecule has 1 N–H and O–H groups in total. The minimum absolute atomic E-state index is 0.402. The highest BCUT2D eigenvalue weighted by Crippen LogP contribution is 2.35. The number of thiophene rings is 1. The monoisotopic (exact) mass is 265 g/mol. The van der Waals surface area contributed by atoms with Gasteiger partial charge in [0.15, 0.2) is 0 Å². The van der Waals surface area contributed by atoms with E-state index < -0.39 is 12.0 Å². The Balaban J connectivity index is 1.79. The van der Waals surface area contributed by atoms with Crippen LogP contribution in [0.1, 0.15) is 42.2 Å². The van der Waals surface area contributed by atoms with E-state index in [0.717, 1.165) is 25.1 Å². The maximum Gasteiger partial charge on any atom is 0.325 e. The third-order valence-electron chi connectivity index (χ3n) is 4.27. The van der Waals surface area contributed by atoms with Crippen molar-refractivity contribution in [3.63, 3.8) is 0 Å². The molecule has 0 bridgehead atoms. The smallest absolute Gasteiger partial charge is 0.325 e. The summed E-state index contributed by atoms with van der Waals surface area (Å²) in [6.07, 6.45) is 6.21. The summed E-state index contributed by atoms with van der Waals surface area (Å²) < 4.78 is 0. The molecule has 0 spiro atoms. The quantitative estimate of drug-likeness (QED) is 0.913. The summed E-state index contributed by atoms with van der Waals surface area (Å²) in [4.78, 5) is 15.0. The van der Waals surface area contributed by atoms with Gasteiger partial charge in [0.25, 0.3) is 0 Å². The van der Waals surface area contributed by atoms with Crippen molar-refractivity contribution in [2.75, 3.05) is 13.1 Å². The Hall–Kier alpha value is -0.870. The lowest BCUT2D eigenvalue weighted by atomic mass is 9.97. The number of hydrogen-bond donors (Lipinski definition) is 1. The second-order valence-electron chi connectivity index (χ2n) is 5.44. The molecule has 3 rings (SSSR count). The summed E-state index contributed by atoms with van der Waals surface area (Å²) in [7, 11) is 0. The fraction of sp³-hybridized carbons (Fsp3) is 0.643. The lowest BCUT2D eigenvalue weighted by Gasteiger charge is -2.34. The summed E-state index contributed by atoms with van der Waals surface area (Å²) in [5.74, 6) is 0.0272. The predicted octanol–water partition coefficient (Wildman–Crippen LogP) is 2.92. The Morgan fingerprint density at radius 2 is 2.22 bits per heavy atom. The first kappa shape index (κ1) is 12.2. The van der Waals surface area contributed by atoms with Gasteiger partial charge >= 0.3 is 5.97 Å². The SMILES string of the molecule is O=C(O)C1c2ccsc2CCN1CC1CCCC1. The average molecular weight is 265 g/mol. The molecule has 1 aromatic rings. The van der Waals surface area contributed by atoms with Gasteiger partial charge in [0.1, 0.15) is 6.04 Å². The Bertz CT molecular complexity index is 437. The van der Waals surface area contributed by atoms with Gasteiger partial charge in [-0.3, -0.25) is 9.69 Å². The van der Waals surface area contributed by atoms with E-state index >= 15 is 0 Å². The van der Waals surface area contributed by atoms with Crippen LogP contribution in [0.4, 0.5) is 0 Å². The molecule has 98 valence electrons. The van der Waals surface area contributed by atoms with Gasteiger partial charge in [0.05, 0.1) is 0 Å². The zero-order chi connectivity index (χ0) is 12.5. The molecule has 1 aliphatic carbocycles. The largest absolute Gasteiger partial charge is 0.480 e. The van der Waals surface area contributed by atoms with Crippen molar-refractivity contribution in [1.82, 2.24) is 4.90 Å². The highest BCUT2D eigenvalue weighted by atomic mass is 32.1.